The van der Waals surface area contributed by atoms with Gasteiger partial charge in [0.25, 0.3) is 0 Å². The summed E-state index contributed by atoms with van der Waals surface area (Å²) >= 11 is 0. The fourth-order valence-electron chi connectivity index (χ4n) is 4.24. The van der Waals surface area contributed by atoms with Gasteiger partial charge in [0.2, 0.25) is 0 Å². The molecule has 4 fully saturated rings. The van der Waals surface area contributed by atoms with Crippen LogP contribution in [0.3, 0.4) is 0 Å². The number of hydrogen-bond acceptors (Lipinski definition) is 0. The monoisotopic (exact) mass is 196 g/mol. The lowest BCUT2D eigenvalue weighted by Crippen LogP contribution is -2.57. The molecule has 0 aromatic carbocycles. The van der Waals surface area contributed by atoms with E-state index in [0.717, 1.165) is 22.7 Å². The SMILES string of the molecule is C.CC12CC(C)(C1)C2.CC1CC(C)C1. The molecule has 0 aromatic rings. The second kappa shape index (κ2) is 3.54. The van der Waals surface area contributed by atoms with Crippen LogP contribution in [0.25, 0.3) is 0 Å². The van der Waals surface area contributed by atoms with Crippen molar-refractivity contribution in [3.05, 3.63) is 0 Å². The lowest BCUT2D eigenvalue weighted by molar-refractivity contribution is -0.176. The number of hydrogen-bond donors (Lipinski definition) is 0. The van der Waals surface area contributed by atoms with Gasteiger partial charge in [-0.1, -0.05) is 35.1 Å². The van der Waals surface area contributed by atoms with Crippen molar-refractivity contribution in [3.8, 4) is 0 Å². The van der Waals surface area contributed by atoms with E-state index in [1.54, 1.807) is 0 Å². The summed E-state index contributed by atoms with van der Waals surface area (Å²) in [5.74, 6) is 2.08. The third-order valence-corrected chi connectivity index (χ3v) is 4.17. The topological polar surface area (TPSA) is 0 Å². The Kier molecular flexibility index (Phi) is 3.05. The van der Waals surface area contributed by atoms with Crippen molar-refractivity contribution in [2.24, 2.45) is 22.7 Å². The molecule has 4 aliphatic rings. The van der Waals surface area contributed by atoms with Crippen LogP contribution >= 0.6 is 0 Å². The molecular weight excluding hydrogens is 168 g/mol. The highest BCUT2D eigenvalue weighted by molar-refractivity contribution is 5.12. The van der Waals surface area contributed by atoms with Crippen LogP contribution in [0.5, 0.6) is 0 Å². The summed E-state index contributed by atoms with van der Waals surface area (Å²) < 4.78 is 0. The Hall–Kier alpha value is 0. The Bertz CT molecular complexity index is 160. The van der Waals surface area contributed by atoms with Crippen molar-refractivity contribution in [1.82, 2.24) is 0 Å². The van der Waals surface area contributed by atoms with Crippen LogP contribution in [0.4, 0.5) is 0 Å². The van der Waals surface area contributed by atoms with E-state index in [9.17, 15) is 0 Å². The van der Waals surface area contributed by atoms with Gasteiger partial charge in [0.1, 0.15) is 0 Å². The van der Waals surface area contributed by atoms with Gasteiger partial charge in [0, 0.05) is 0 Å². The second-order valence-electron chi connectivity index (χ2n) is 6.83. The quantitative estimate of drug-likeness (QED) is 0.518. The molecular formula is C14H28. The van der Waals surface area contributed by atoms with Gasteiger partial charge >= 0.3 is 0 Å². The third-order valence-electron chi connectivity index (χ3n) is 4.17. The molecule has 0 atom stereocenters. The van der Waals surface area contributed by atoms with E-state index in [1.165, 1.54) is 32.1 Å². The Balaban J connectivity index is 0.000000132. The van der Waals surface area contributed by atoms with E-state index in [-0.39, 0.29) is 7.43 Å². The predicted octanol–water partition coefficient (Wildman–Crippen LogP) is 4.89. The van der Waals surface area contributed by atoms with E-state index < -0.39 is 0 Å². The molecule has 84 valence electrons. The molecule has 4 aliphatic carbocycles. The van der Waals surface area contributed by atoms with Crippen LogP contribution in [0.1, 0.15) is 67.2 Å². The zero-order chi connectivity index (χ0) is 9.69. The highest BCUT2D eigenvalue weighted by Gasteiger charge is 2.61. The van der Waals surface area contributed by atoms with E-state index >= 15 is 0 Å². The first-order valence-corrected chi connectivity index (χ1v) is 5.91. The van der Waals surface area contributed by atoms with Crippen molar-refractivity contribution < 1.29 is 0 Å². The molecule has 2 bridgehead atoms. The average Bonchev–Trinajstić information content (AvgIpc) is 1.81. The Morgan fingerprint density at radius 3 is 1.07 bits per heavy atom. The average molecular weight is 196 g/mol. The van der Waals surface area contributed by atoms with Gasteiger partial charge in [-0.3, -0.25) is 0 Å². The van der Waals surface area contributed by atoms with Gasteiger partial charge in [0.15, 0.2) is 0 Å². The maximum absolute atomic E-state index is 2.40. The van der Waals surface area contributed by atoms with Crippen LogP contribution in [0.15, 0.2) is 0 Å². The van der Waals surface area contributed by atoms with Crippen LogP contribution in [-0.4, -0.2) is 0 Å². The zero-order valence-corrected chi connectivity index (χ0v) is 9.69. The van der Waals surface area contributed by atoms with Crippen molar-refractivity contribution in [1.29, 1.82) is 0 Å². The fourth-order valence-corrected chi connectivity index (χ4v) is 4.24. The van der Waals surface area contributed by atoms with Gasteiger partial charge in [-0.2, -0.15) is 0 Å². The predicted molar refractivity (Wildman–Crippen MR) is 64.4 cm³/mol. The molecule has 0 nitrogen and oxygen atoms in total. The minimum atomic E-state index is 0. The van der Waals surface area contributed by atoms with E-state index in [2.05, 4.69) is 27.7 Å². The van der Waals surface area contributed by atoms with Gasteiger partial charge in [0.05, 0.1) is 0 Å². The lowest BCUT2D eigenvalue weighted by atomic mass is 9.37. The Morgan fingerprint density at radius 1 is 0.786 bits per heavy atom. The molecule has 4 rings (SSSR count). The molecule has 0 N–H and O–H groups in total. The summed E-state index contributed by atoms with van der Waals surface area (Å²) in [6.45, 7) is 9.44. The standard InChI is InChI=1S/C7H12.C6H12.CH4/c1-6-3-7(2,4-6)5-6;1-5-3-6(2)4-5;/h3-5H2,1-2H3;5-6H,3-4H2,1-2H3;1H4. The molecule has 0 unspecified atom stereocenters. The summed E-state index contributed by atoms with van der Waals surface area (Å²) in [5, 5.41) is 0. The minimum Gasteiger partial charge on any atom is -0.0776 e. The lowest BCUT2D eigenvalue weighted by Gasteiger charge is -2.68. The van der Waals surface area contributed by atoms with E-state index in [0.29, 0.717) is 0 Å². The third kappa shape index (κ3) is 2.15. The Labute approximate surface area is 90.5 Å². The van der Waals surface area contributed by atoms with Crippen molar-refractivity contribution >= 4 is 0 Å². The van der Waals surface area contributed by atoms with Gasteiger partial charge in [-0.15, -0.1) is 0 Å². The maximum Gasteiger partial charge on any atom is -0.0310 e. The molecule has 0 aromatic heterocycles. The zero-order valence-electron chi connectivity index (χ0n) is 9.69. The molecule has 0 heteroatoms. The highest BCUT2D eigenvalue weighted by atomic mass is 14.7. The van der Waals surface area contributed by atoms with Gasteiger partial charge in [-0.05, 0) is 54.8 Å². The molecule has 4 saturated carbocycles. The molecule has 0 saturated heterocycles. The first kappa shape index (κ1) is 12.1. The summed E-state index contributed by atoms with van der Waals surface area (Å²) in [5.41, 5.74) is 1.66. The smallest absolute Gasteiger partial charge is 0.0310 e. The molecule has 0 heterocycles. The summed E-state index contributed by atoms with van der Waals surface area (Å²) in [6, 6.07) is 0. The normalized spacial score (nSPS) is 52.3. The first-order valence-electron chi connectivity index (χ1n) is 5.91. The van der Waals surface area contributed by atoms with E-state index in [1.807, 2.05) is 0 Å². The van der Waals surface area contributed by atoms with Crippen LogP contribution in [0.2, 0.25) is 0 Å². The minimum absolute atomic E-state index is 0. The molecule has 14 heavy (non-hydrogen) atoms. The summed E-state index contributed by atoms with van der Waals surface area (Å²) in [4.78, 5) is 0. The van der Waals surface area contributed by atoms with Crippen LogP contribution in [-0.2, 0) is 0 Å². The van der Waals surface area contributed by atoms with Crippen molar-refractivity contribution in [3.63, 3.8) is 0 Å². The van der Waals surface area contributed by atoms with Crippen molar-refractivity contribution in [2.75, 3.05) is 0 Å². The molecule has 0 radical (unpaired) electrons. The largest absolute Gasteiger partial charge is 0.0776 e. The van der Waals surface area contributed by atoms with Crippen molar-refractivity contribution in [2.45, 2.75) is 67.2 Å². The highest BCUT2D eigenvalue weighted by Crippen LogP contribution is 2.72. The Morgan fingerprint density at radius 2 is 1.07 bits per heavy atom. The number of rotatable bonds is 0. The second-order valence-corrected chi connectivity index (χ2v) is 6.83. The van der Waals surface area contributed by atoms with Gasteiger partial charge < -0.3 is 0 Å². The fraction of sp³-hybridized carbons (Fsp3) is 1.00. The molecule has 0 spiro atoms. The van der Waals surface area contributed by atoms with Gasteiger partial charge in [-0.25, -0.2) is 0 Å². The first-order chi connectivity index (χ1) is 5.91. The van der Waals surface area contributed by atoms with E-state index in [4.69, 9.17) is 0 Å². The molecule has 0 aliphatic heterocycles. The van der Waals surface area contributed by atoms with Crippen LogP contribution < -0.4 is 0 Å². The van der Waals surface area contributed by atoms with Crippen LogP contribution in [0, 0.1) is 22.7 Å². The maximum atomic E-state index is 2.40. The molecule has 0 amide bonds. The summed E-state index contributed by atoms with van der Waals surface area (Å²) in [6.07, 6.45) is 7.49. The summed E-state index contributed by atoms with van der Waals surface area (Å²) in [7, 11) is 0.